The van der Waals surface area contributed by atoms with Gasteiger partial charge in [-0.3, -0.25) is 4.79 Å². The third-order valence-corrected chi connectivity index (χ3v) is 4.35. The maximum Gasteiger partial charge on any atom is 0.393 e. The first-order chi connectivity index (χ1) is 11.3. The van der Waals surface area contributed by atoms with Crippen LogP contribution in [0.5, 0.6) is 0 Å². The number of likely N-dealkylation sites (N-methyl/N-ethyl adjacent to an activating group) is 1. The Hall–Kier alpha value is -1.64. The Morgan fingerprint density at radius 1 is 1.46 bits per heavy atom. The fourth-order valence-corrected chi connectivity index (χ4v) is 2.91. The molecule has 2 atom stereocenters. The number of alkyl halides is 3. The molecule has 0 aliphatic carbocycles. The minimum Gasteiger partial charge on any atom is -0.372 e. The van der Waals surface area contributed by atoms with Crippen LogP contribution in [0.2, 0.25) is 0 Å². The summed E-state index contributed by atoms with van der Waals surface area (Å²) in [6.45, 7) is 1.87. The molecular weight excluding hydrogens is 325 g/mol. The fourth-order valence-electron chi connectivity index (χ4n) is 2.91. The van der Waals surface area contributed by atoms with Crippen molar-refractivity contribution in [1.29, 1.82) is 0 Å². The van der Waals surface area contributed by atoms with Gasteiger partial charge in [-0.05, 0) is 12.8 Å². The van der Waals surface area contributed by atoms with E-state index in [1.165, 1.54) is 16.6 Å². The van der Waals surface area contributed by atoms with Crippen LogP contribution in [0.3, 0.4) is 0 Å². The van der Waals surface area contributed by atoms with Crippen LogP contribution in [-0.2, 0) is 29.0 Å². The Balaban J connectivity index is 2.09. The summed E-state index contributed by atoms with van der Waals surface area (Å²) in [5, 5.41) is 7.94. The Morgan fingerprint density at radius 2 is 2.17 bits per heavy atom. The second-order valence-electron chi connectivity index (χ2n) is 6.13. The van der Waals surface area contributed by atoms with Crippen LogP contribution in [-0.4, -0.2) is 52.0 Å². The van der Waals surface area contributed by atoms with E-state index in [0.29, 0.717) is 18.1 Å². The first-order valence-electron chi connectivity index (χ1n) is 8.03. The molecule has 24 heavy (non-hydrogen) atoms. The number of methoxy groups -OCH3 is 1. The number of hydrogen-bond acceptors (Lipinski definition) is 4. The number of aromatic nitrogens is 3. The number of nitrogens with zero attached hydrogens (tertiary/aromatic N) is 4. The lowest BCUT2D eigenvalue weighted by molar-refractivity contribution is -0.182. The molecule has 0 bridgehead atoms. The Bertz CT molecular complexity index is 574. The van der Waals surface area contributed by atoms with Crippen LogP contribution in [0.4, 0.5) is 13.2 Å². The summed E-state index contributed by atoms with van der Waals surface area (Å²) in [6, 6.07) is 0. The second kappa shape index (κ2) is 7.50. The normalized spacial score (nSPS) is 19.0. The molecule has 1 aromatic rings. The molecule has 0 N–H and O–H groups in total. The van der Waals surface area contributed by atoms with Gasteiger partial charge in [-0.25, -0.2) is 0 Å². The number of hydrogen-bond donors (Lipinski definition) is 0. The average Bonchev–Trinajstić information content (AvgIpc) is 2.93. The van der Waals surface area contributed by atoms with Crippen LogP contribution >= 0.6 is 0 Å². The van der Waals surface area contributed by atoms with Crippen molar-refractivity contribution >= 4 is 5.91 Å². The molecule has 1 aliphatic heterocycles. The number of rotatable bonds is 6. The number of carbonyl (C=O) groups is 1. The highest BCUT2D eigenvalue weighted by Crippen LogP contribution is 2.34. The third-order valence-electron chi connectivity index (χ3n) is 4.35. The molecule has 0 aromatic carbocycles. The lowest BCUT2D eigenvalue weighted by Gasteiger charge is -2.27. The lowest BCUT2D eigenvalue weighted by atomic mass is 9.99. The van der Waals surface area contributed by atoms with Gasteiger partial charge >= 0.3 is 6.18 Å². The molecule has 2 rings (SSSR count). The largest absolute Gasteiger partial charge is 0.393 e. The summed E-state index contributed by atoms with van der Waals surface area (Å²) in [7, 11) is 3.06. The molecule has 6 nitrogen and oxygen atoms in total. The number of carbonyl (C=O) groups excluding carboxylic acids is 1. The highest BCUT2D eigenvalue weighted by Gasteiger charge is 2.42. The number of amides is 1. The van der Waals surface area contributed by atoms with Crippen LogP contribution in [0.15, 0.2) is 0 Å². The number of halogens is 3. The predicted octanol–water partition coefficient (Wildman–Crippen LogP) is 2.18. The molecule has 0 radical (unpaired) electrons. The van der Waals surface area contributed by atoms with Gasteiger partial charge in [0.25, 0.3) is 5.91 Å². The summed E-state index contributed by atoms with van der Waals surface area (Å²) in [5.41, 5.74) is 0. The van der Waals surface area contributed by atoms with Gasteiger partial charge < -0.3 is 14.2 Å². The van der Waals surface area contributed by atoms with E-state index < -0.39 is 18.2 Å². The van der Waals surface area contributed by atoms with E-state index in [-0.39, 0.29) is 31.8 Å². The molecular formula is C15H23F3N4O2. The summed E-state index contributed by atoms with van der Waals surface area (Å²) < 4.78 is 45.6. The first-order valence-corrected chi connectivity index (χ1v) is 8.03. The van der Waals surface area contributed by atoms with Crippen molar-refractivity contribution in [2.45, 2.75) is 58.0 Å². The van der Waals surface area contributed by atoms with Crippen molar-refractivity contribution in [1.82, 2.24) is 19.7 Å². The molecule has 1 aromatic heterocycles. The minimum atomic E-state index is -4.23. The van der Waals surface area contributed by atoms with Crippen LogP contribution in [0.25, 0.3) is 0 Å². The van der Waals surface area contributed by atoms with Gasteiger partial charge in [0.1, 0.15) is 11.9 Å². The van der Waals surface area contributed by atoms with Crippen molar-refractivity contribution in [2.24, 2.45) is 5.92 Å². The molecule has 0 saturated heterocycles. The van der Waals surface area contributed by atoms with Crippen molar-refractivity contribution in [3.8, 4) is 0 Å². The topological polar surface area (TPSA) is 60.2 Å². The summed E-state index contributed by atoms with van der Waals surface area (Å²) in [6.07, 6.45) is -3.13. The Kier molecular flexibility index (Phi) is 5.84. The van der Waals surface area contributed by atoms with Gasteiger partial charge in [0.15, 0.2) is 5.82 Å². The zero-order valence-corrected chi connectivity index (χ0v) is 14.1. The molecule has 1 aliphatic rings. The summed E-state index contributed by atoms with van der Waals surface area (Å²) in [4.78, 5) is 13.8. The molecule has 0 fully saturated rings. The van der Waals surface area contributed by atoms with Gasteiger partial charge in [-0.1, -0.05) is 13.3 Å². The molecule has 0 saturated carbocycles. The van der Waals surface area contributed by atoms with E-state index in [4.69, 9.17) is 4.74 Å². The number of fused-ring (bicyclic) bond motifs is 1. The Morgan fingerprint density at radius 3 is 2.75 bits per heavy atom. The van der Waals surface area contributed by atoms with Crippen molar-refractivity contribution in [3.05, 3.63) is 11.6 Å². The summed E-state index contributed by atoms with van der Waals surface area (Å²) in [5.74, 6) is -0.684. The minimum absolute atomic E-state index is 0.0264. The van der Waals surface area contributed by atoms with Gasteiger partial charge in [-0.2, -0.15) is 13.2 Å². The van der Waals surface area contributed by atoms with Gasteiger partial charge in [0.05, 0.1) is 12.5 Å². The average molecular weight is 348 g/mol. The molecule has 2 heterocycles. The lowest BCUT2D eigenvalue weighted by Crippen LogP contribution is -2.38. The van der Waals surface area contributed by atoms with Gasteiger partial charge in [0, 0.05) is 27.1 Å². The third kappa shape index (κ3) is 4.06. The highest BCUT2D eigenvalue weighted by atomic mass is 19.4. The highest BCUT2D eigenvalue weighted by molar-refractivity contribution is 5.80. The van der Waals surface area contributed by atoms with Gasteiger partial charge in [-0.15, -0.1) is 10.2 Å². The molecule has 0 spiro atoms. The monoisotopic (exact) mass is 348 g/mol. The van der Waals surface area contributed by atoms with Crippen LogP contribution in [0, 0.1) is 5.92 Å². The van der Waals surface area contributed by atoms with E-state index in [1.54, 1.807) is 7.05 Å². The maximum absolute atomic E-state index is 13.0. The smallest absolute Gasteiger partial charge is 0.372 e. The molecule has 136 valence electrons. The molecule has 9 heteroatoms. The van der Waals surface area contributed by atoms with E-state index in [9.17, 15) is 18.0 Å². The zero-order valence-electron chi connectivity index (χ0n) is 14.1. The fraction of sp³-hybridized carbons (Fsp3) is 0.800. The van der Waals surface area contributed by atoms with Crippen LogP contribution < -0.4 is 0 Å². The van der Waals surface area contributed by atoms with Crippen molar-refractivity contribution in [3.63, 3.8) is 0 Å². The second-order valence-corrected chi connectivity index (χ2v) is 6.13. The number of aryl methyl sites for hydroxylation is 1. The SMILES string of the molecule is CCCC(OC)C(=O)N(C)Cc1nnc2n1CC(C(F)(F)F)CC2. The maximum atomic E-state index is 13.0. The molecule has 1 amide bonds. The molecule has 2 unspecified atom stereocenters. The van der Waals surface area contributed by atoms with Crippen molar-refractivity contribution < 1.29 is 22.7 Å². The Labute approximate surface area is 139 Å². The van der Waals surface area contributed by atoms with Gasteiger partial charge in [0.2, 0.25) is 0 Å². The van der Waals surface area contributed by atoms with E-state index in [2.05, 4.69) is 10.2 Å². The predicted molar refractivity (Wildman–Crippen MR) is 80.1 cm³/mol. The van der Waals surface area contributed by atoms with E-state index in [0.717, 1.165) is 6.42 Å². The summed E-state index contributed by atoms with van der Waals surface area (Å²) >= 11 is 0. The zero-order chi connectivity index (χ0) is 17.9. The standard InChI is InChI=1S/C15H23F3N4O2/c1-4-5-11(24-3)14(23)21(2)9-13-20-19-12-7-6-10(8-22(12)13)15(16,17)18/h10-11H,4-9H2,1-3H3. The van der Waals surface area contributed by atoms with Crippen molar-refractivity contribution in [2.75, 3.05) is 14.2 Å². The number of ether oxygens (including phenoxy) is 1. The van der Waals surface area contributed by atoms with E-state index in [1.807, 2.05) is 6.92 Å². The first kappa shape index (κ1) is 18.7. The quantitative estimate of drug-likeness (QED) is 0.791. The van der Waals surface area contributed by atoms with Crippen LogP contribution in [0.1, 0.15) is 37.8 Å². The van der Waals surface area contributed by atoms with E-state index >= 15 is 0 Å².